The predicted molar refractivity (Wildman–Crippen MR) is 130 cm³/mol. The Bertz CT molecular complexity index is 1160. The van der Waals surface area contributed by atoms with Gasteiger partial charge in [0.05, 0.1) is 0 Å². The Balaban J connectivity index is 1.34. The van der Waals surface area contributed by atoms with Crippen LogP contribution in [-0.2, 0) is 14.1 Å². The maximum absolute atomic E-state index is 2.32. The summed E-state index contributed by atoms with van der Waals surface area (Å²) in [6.07, 6.45) is 6.38. The minimum atomic E-state index is 1.01. The number of thioether (sulfide) groups is 1. The first-order valence-corrected chi connectivity index (χ1v) is 11.9. The van der Waals surface area contributed by atoms with E-state index in [0.717, 1.165) is 12.3 Å². The predicted octanol–water partition coefficient (Wildman–Crippen LogP) is 4.95. The molecule has 0 aliphatic carbocycles. The molecule has 4 rings (SSSR count). The third kappa shape index (κ3) is 4.74. The fourth-order valence-corrected chi connectivity index (χ4v) is 5.80. The van der Waals surface area contributed by atoms with Crippen LogP contribution in [0.15, 0.2) is 77.3 Å². The monoisotopic (exact) mass is 433 g/mol. The number of benzene rings is 2. The van der Waals surface area contributed by atoms with E-state index in [4.69, 9.17) is 0 Å². The van der Waals surface area contributed by atoms with Gasteiger partial charge < -0.3 is 4.90 Å². The molecule has 152 valence electrons. The van der Waals surface area contributed by atoms with Crippen molar-refractivity contribution in [2.45, 2.75) is 4.34 Å². The van der Waals surface area contributed by atoms with Crippen molar-refractivity contribution < 1.29 is 9.13 Å². The number of aromatic nitrogens is 2. The summed E-state index contributed by atoms with van der Waals surface area (Å²) in [5.41, 5.74) is 4.96. The van der Waals surface area contributed by atoms with Crippen molar-refractivity contribution in [2.24, 2.45) is 14.1 Å². The molecule has 0 N–H and O–H groups in total. The highest BCUT2D eigenvalue weighted by atomic mass is 32.2. The fourth-order valence-electron chi connectivity index (χ4n) is 3.34. The lowest BCUT2D eigenvalue weighted by Crippen LogP contribution is -2.30. The lowest BCUT2D eigenvalue weighted by atomic mass is 10.1. The van der Waals surface area contributed by atoms with E-state index in [2.05, 4.69) is 114 Å². The smallest absolute Gasteiger partial charge is 0.298 e. The molecule has 2 heterocycles. The van der Waals surface area contributed by atoms with E-state index in [1.54, 1.807) is 0 Å². The second-order valence-electron chi connectivity index (χ2n) is 7.33. The Morgan fingerprint density at radius 2 is 1.70 bits per heavy atom. The van der Waals surface area contributed by atoms with Crippen LogP contribution in [0, 0.1) is 0 Å². The molecule has 0 radical (unpaired) electrons. The molecule has 2 aromatic carbocycles. The Morgan fingerprint density at radius 3 is 2.47 bits per heavy atom. The van der Waals surface area contributed by atoms with Crippen molar-refractivity contribution in [3.63, 3.8) is 0 Å². The maximum Gasteiger partial charge on any atom is 0.298 e. The van der Waals surface area contributed by atoms with Gasteiger partial charge in [0.1, 0.15) is 18.8 Å². The lowest BCUT2D eigenvalue weighted by Gasteiger charge is -2.18. The van der Waals surface area contributed by atoms with Gasteiger partial charge in [-0.05, 0) is 47.7 Å². The quantitative estimate of drug-likeness (QED) is 0.302. The second-order valence-corrected chi connectivity index (χ2v) is 9.70. The van der Waals surface area contributed by atoms with E-state index in [0.29, 0.717) is 0 Å². The Labute approximate surface area is 186 Å². The molecule has 0 unspecified atom stereocenters. The van der Waals surface area contributed by atoms with Gasteiger partial charge in [0.2, 0.25) is 11.2 Å². The third-order valence-electron chi connectivity index (χ3n) is 5.23. The number of hydrogen-bond donors (Lipinski definition) is 0. The van der Waals surface area contributed by atoms with Crippen LogP contribution in [0.25, 0.3) is 22.4 Å². The number of thiazole rings is 1. The van der Waals surface area contributed by atoms with Crippen LogP contribution in [0.5, 0.6) is 0 Å². The number of fused-ring (bicyclic) bond motifs is 1. The summed E-state index contributed by atoms with van der Waals surface area (Å²) in [4.78, 5) is 2.32. The molecule has 0 bridgehead atoms. The topological polar surface area (TPSA) is 11.0 Å². The molecule has 0 fully saturated rings. The summed E-state index contributed by atoms with van der Waals surface area (Å²) in [7, 11) is 6.39. The molecule has 0 aliphatic heterocycles. The van der Waals surface area contributed by atoms with Gasteiger partial charge in [-0.15, -0.1) is 0 Å². The minimum Gasteiger partial charge on any atom is -0.374 e. The number of aryl methyl sites for hydroxylation is 2. The van der Waals surface area contributed by atoms with Gasteiger partial charge >= 0.3 is 0 Å². The van der Waals surface area contributed by atoms with E-state index in [1.165, 1.54) is 31.5 Å². The van der Waals surface area contributed by atoms with Crippen LogP contribution in [0.1, 0.15) is 11.3 Å². The zero-order valence-corrected chi connectivity index (χ0v) is 19.3. The normalized spacial score (nSPS) is 11.4. The van der Waals surface area contributed by atoms with E-state index >= 15 is 0 Å². The average molecular weight is 434 g/mol. The first-order valence-electron chi connectivity index (χ1n) is 10.1. The molecule has 0 saturated heterocycles. The zero-order chi connectivity index (χ0) is 20.9. The summed E-state index contributed by atoms with van der Waals surface area (Å²) in [5, 5.41) is 0. The van der Waals surface area contributed by atoms with Crippen molar-refractivity contribution in [1.82, 2.24) is 0 Å². The van der Waals surface area contributed by atoms with Crippen LogP contribution in [0.4, 0.5) is 5.69 Å². The molecule has 2 aromatic heterocycles. The molecular formula is C25H27N3S2+2. The minimum absolute atomic E-state index is 1.01. The van der Waals surface area contributed by atoms with Gasteiger partial charge in [-0.1, -0.05) is 35.6 Å². The van der Waals surface area contributed by atoms with E-state index < -0.39 is 0 Å². The molecule has 0 spiro atoms. The van der Waals surface area contributed by atoms with E-state index in [9.17, 15) is 0 Å². The number of rotatable bonds is 7. The summed E-state index contributed by atoms with van der Waals surface area (Å²) in [6, 6.07) is 23.6. The van der Waals surface area contributed by atoms with Gasteiger partial charge in [-0.2, -0.15) is 4.57 Å². The molecule has 0 aliphatic rings. The molecule has 4 aromatic rings. The zero-order valence-electron chi connectivity index (χ0n) is 17.7. The summed E-state index contributed by atoms with van der Waals surface area (Å²) in [5.74, 6) is 1.06. The number of hydrogen-bond acceptors (Lipinski definition) is 3. The second kappa shape index (κ2) is 9.45. The van der Waals surface area contributed by atoms with Crippen molar-refractivity contribution in [2.75, 3.05) is 24.2 Å². The Morgan fingerprint density at radius 1 is 0.933 bits per heavy atom. The number of nitrogens with zero attached hydrogens (tertiary/aromatic N) is 3. The number of anilines is 1. The average Bonchev–Trinajstić information content (AvgIpc) is 3.09. The van der Waals surface area contributed by atoms with Crippen molar-refractivity contribution in [1.29, 1.82) is 0 Å². The van der Waals surface area contributed by atoms with Crippen LogP contribution in [0.2, 0.25) is 0 Å². The van der Waals surface area contributed by atoms with E-state index in [-0.39, 0.29) is 0 Å². The van der Waals surface area contributed by atoms with Crippen molar-refractivity contribution in [3.8, 4) is 0 Å². The summed E-state index contributed by atoms with van der Waals surface area (Å²) < 4.78 is 7.13. The fraction of sp³-hybridized carbons (Fsp3) is 0.200. The molecule has 5 heteroatoms. The van der Waals surface area contributed by atoms with Crippen molar-refractivity contribution >= 4 is 51.2 Å². The lowest BCUT2D eigenvalue weighted by molar-refractivity contribution is -0.676. The Kier molecular flexibility index (Phi) is 6.50. The SMILES string of the molecule is CN(CCSc1sc2ccccc2[n+]1C)c1ccc(/C=C/c2cccc[n+]2C)cc1. The largest absolute Gasteiger partial charge is 0.374 e. The van der Waals surface area contributed by atoms with Crippen LogP contribution in [-0.4, -0.2) is 19.3 Å². The highest BCUT2D eigenvalue weighted by Crippen LogP contribution is 2.27. The van der Waals surface area contributed by atoms with E-state index in [1.807, 2.05) is 29.2 Å². The molecular weight excluding hydrogens is 406 g/mol. The highest BCUT2D eigenvalue weighted by molar-refractivity contribution is 8.01. The molecule has 3 nitrogen and oxygen atoms in total. The molecule has 0 atom stereocenters. The van der Waals surface area contributed by atoms with Gasteiger partial charge in [0.25, 0.3) is 4.34 Å². The van der Waals surface area contributed by atoms with Crippen LogP contribution < -0.4 is 14.0 Å². The standard InChI is InChI=1S/C25H27N3S2/c1-26-17-7-6-8-21(26)14-11-20-12-15-22(16-13-20)27(2)18-19-29-25-28(3)23-9-4-5-10-24(23)30-25/h4-17H,18-19H2,1-3H3/q+2. The van der Waals surface area contributed by atoms with Crippen LogP contribution in [0.3, 0.4) is 0 Å². The first-order chi connectivity index (χ1) is 14.6. The summed E-state index contributed by atoms with van der Waals surface area (Å²) >= 11 is 3.81. The van der Waals surface area contributed by atoms with Crippen LogP contribution >= 0.6 is 23.1 Å². The first kappa shape index (κ1) is 20.6. The number of pyridine rings is 1. The summed E-state index contributed by atoms with van der Waals surface area (Å²) in [6.45, 7) is 1.01. The highest BCUT2D eigenvalue weighted by Gasteiger charge is 2.16. The maximum atomic E-state index is 2.32. The molecule has 0 saturated carbocycles. The van der Waals surface area contributed by atoms with Crippen molar-refractivity contribution in [3.05, 3.63) is 84.2 Å². The molecule has 30 heavy (non-hydrogen) atoms. The van der Waals surface area contributed by atoms with Gasteiger partial charge in [-0.25, -0.2) is 4.57 Å². The van der Waals surface area contributed by atoms with Gasteiger partial charge in [-0.3, -0.25) is 0 Å². The third-order valence-corrected chi connectivity index (χ3v) is 7.75. The van der Waals surface area contributed by atoms with Gasteiger partial charge in [0, 0.05) is 49.3 Å². The number of para-hydroxylation sites is 1. The Hall–Kier alpha value is -2.63. The van der Waals surface area contributed by atoms with Gasteiger partial charge in [0.15, 0.2) is 6.20 Å². The molecule has 0 amide bonds.